The van der Waals surface area contributed by atoms with Crippen LogP contribution in [0.4, 0.5) is 19.0 Å². The Morgan fingerprint density at radius 1 is 1.10 bits per heavy atom. The zero-order valence-electron chi connectivity index (χ0n) is 16.0. The van der Waals surface area contributed by atoms with Gasteiger partial charge >= 0.3 is 6.18 Å². The third kappa shape index (κ3) is 3.88. The molecule has 1 aromatic carbocycles. The van der Waals surface area contributed by atoms with Crippen molar-refractivity contribution < 1.29 is 22.7 Å². The number of fused-ring (bicyclic) bond motifs is 1. The van der Waals surface area contributed by atoms with Crippen LogP contribution in [0.5, 0.6) is 5.75 Å². The lowest BCUT2D eigenvalue weighted by atomic mass is 9.92. The average Bonchev–Trinajstić information content (AvgIpc) is 3.16. The number of carbonyl (C=O) groups is 1. The summed E-state index contributed by atoms with van der Waals surface area (Å²) in [6.07, 6.45) is -1.69. The molecule has 2 atom stereocenters. The van der Waals surface area contributed by atoms with Gasteiger partial charge in [0.2, 0.25) is 0 Å². The second kappa shape index (κ2) is 7.57. The number of halogens is 3. The van der Waals surface area contributed by atoms with E-state index >= 15 is 0 Å². The smallest absolute Gasteiger partial charge is 0.417 e. The summed E-state index contributed by atoms with van der Waals surface area (Å²) < 4.78 is 43.5. The molecule has 2 aliphatic heterocycles. The maximum atomic E-state index is 13.0. The van der Waals surface area contributed by atoms with Gasteiger partial charge in [-0.1, -0.05) is 0 Å². The van der Waals surface area contributed by atoms with Crippen LogP contribution in [0.2, 0.25) is 0 Å². The van der Waals surface area contributed by atoms with Gasteiger partial charge in [0.25, 0.3) is 5.91 Å². The van der Waals surface area contributed by atoms with Crippen molar-refractivity contribution in [3.8, 4) is 5.75 Å². The van der Waals surface area contributed by atoms with Crippen molar-refractivity contribution in [3.05, 3.63) is 53.7 Å². The van der Waals surface area contributed by atoms with E-state index in [0.29, 0.717) is 36.1 Å². The third-order valence-electron chi connectivity index (χ3n) is 5.86. The Hall–Kier alpha value is -2.77. The van der Waals surface area contributed by atoms with Crippen molar-refractivity contribution in [3.63, 3.8) is 0 Å². The standard InChI is InChI=1S/C21H22F3N3O2/c1-29-17-5-2-15(3-6-17)20(28)27-11-9-14-8-10-26(13-18(14)27)19-7-4-16(12-25-19)21(22,23)24/h2-7,12,14,18H,8-11,13H2,1H3. The van der Waals surface area contributed by atoms with Gasteiger partial charge in [-0.2, -0.15) is 13.2 Å². The van der Waals surface area contributed by atoms with Crippen LogP contribution in [0.3, 0.4) is 0 Å². The van der Waals surface area contributed by atoms with E-state index in [4.69, 9.17) is 4.74 Å². The molecule has 2 fully saturated rings. The summed E-state index contributed by atoms with van der Waals surface area (Å²) >= 11 is 0. The summed E-state index contributed by atoms with van der Waals surface area (Å²) in [6, 6.07) is 9.54. The molecular formula is C21H22F3N3O2. The van der Waals surface area contributed by atoms with E-state index in [0.717, 1.165) is 31.6 Å². The summed E-state index contributed by atoms with van der Waals surface area (Å²) in [5.41, 5.74) is -0.149. The molecule has 0 radical (unpaired) electrons. The van der Waals surface area contributed by atoms with E-state index in [2.05, 4.69) is 4.98 Å². The van der Waals surface area contributed by atoms with Gasteiger partial charge in [-0.3, -0.25) is 4.79 Å². The largest absolute Gasteiger partial charge is 0.497 e. The highest BCUT2D eigenvalue weighted by molar-refractivity contribution is 5.94. The van der Waals surface area contributed by atoms with Crippen LogP contribution >= 0.6 is 0 Å². The first-order valence-electron chi connectivity index (χ1n) is 9.60. The van der Waals surface area contributed by atoms with Crippen molar-refractivity contribution in [2.45, 2.75) is 25.1 Å². The van der Waals surface area contributed by atoms with Gasteiger partial charge in [0.15, 0.2) is 0 Å². The summed E-state index contributed by atoms with van der Waals surface area (Å²) in [6.45, 7) is 1.99. The van der Waals surface area contributed by atoms with Gasteiger partial charge in [0.05, 0.1) is 18.7 Å². The number of hydrogen-bond acceptors (Lipinski definition) is 4. The minimum Gasteiger partial charge on any atom is -0.497 e. The molecule has 0 spiro atoms. The number of piperidine rings is 1. The minimum atomic E-state index is -4.40. The maximum absolute atomic E-state index is 13.0. The quantitative estimate of drug-likeness (QED) is 0.778. The number of aromatic nitrogens is 1. The molecule has 2 aromatic rings. The fourth-order valence-corrected chi connectivity index (χ4v) is 4.24. The van der Waals surface area contributed by atoms with E-state index in [-0.39, 0.29) is 11.9 Å². The lowest BCUT2D eigenvalue weighted by Crippen LogP contribution is -2.50. The van der Waals surface area contributed by atoms with Crippen molar-refractivity contribution in [2.24, 2.45) is 5.92 Å². The van der Waals surface area contributed by atoms with Crippen molar-refractivity contribution >= 4 is 11.7 Å². The van der Waals surface area contributed by atoms with Crippen LogP contribution in [0, 0.1) is 5.92 Å². The second-order valence-electron chi connectivity index (χ2n) is 7.48. The molecule has 0 aliphatic carbocycles. The fourth-order valence-electron chi connectivity index (χ4n) is 4.24. The molecular weight excluding hydrogens is 383 g/mol. The first-order chi connectivity index (χ1) is 13.9. The van der Waals surface area contributed by atoms with Gasteiger partial charge in [0.1, 0.15) is 11.6 Å². The molecule has 4 rings (SSSR count). The number of hydrogen-bond donors (Lipinski definition) is 0. The number of anilines is 1. The van der Waals surface area contributed by atoms with Crippen LogP contribution in [0.25, 0.3) is 0 Å². The Bertz CT molecular complexity index is 868. The zero-order chi connectivity index (χ0) is 20.6. The lowest BCUT2D eigenvalue weighted by Gasteiger charge is -2.39. The second-order valence-corrected chi connectivity index (χ2v) is 7.48. The van der Waals surface area contributed by atoms with Crippen LogP contribution < -0.4 is 9.64 Å². The molecule has 0 N–H and O–H groups in total. The molecule has 2 aliphatic rings. The molecule has 0 bridgehead atoms. The molecule has 8 heteroatoms. The Balaban J connectivity index is 1.49. The van der Waals surface area contributed by atoms with Gasteiger partial charge in [0, 0.05) is 31.4 Å². The number of rotatable bonds is 3. The van der Waals surface area contributed by atoms with E-state index in [1.807, 2.05) is 9.80 Å². The van der Waals surface area contributed by atoms with Gasteiger partial charge < -0.3 is 14.5 Å². The first-order valence-corrected chi connectivity index (χ1v) is 9.60. The normalized spacial score (nSPS) is 21.8. The molecule has 2 unspecified atom stereocenters. The number of benzene rings is 1. The highest BCUT2D eigenvalue weighted by atomic mass is 19.4. The lowest BCUT2D eigenvalue weighted by molar-refractivity contribution is -0.137. The average molecular weight is 405 g/mol. The number of alkyl halides is 3. The summed E-state index contributed by atoms with van der Waals surface area (Å²) in [4.78, 5) is 20.9. The fraction of sp³-hybridized carbons (Fsp3) is 0.429. The monoisotopic (exact) mass is 405 g/mol. The Labute approximate surface area is 167 Å². The zero-order valence-corrected chi connectivity index (χ0v) is 16.0. The minimum absolute atomic E-state index is 0.0256. The predicted octanol–water partition coefficient (Wildman–Crippen LogP) is 3.85. The Kier molecular flexibility index (Phi) is 5.10. The molecule has 3 heterocycles. The Morgan fingerprint density at radius 3 is 2.45 bits per heavy atom. The van der Waals surface area contributed by atoms with E-state index in [9.17, 15) is 18.0 Å². The SMILES string of the molecule is COc1ccc(C(=O)N2CCC3CCN(c4ccc(C(F)(F)F)cn4)CC32)cc1. The van der Waals surface area contributed by atoms with E-state index in [1.54, 1.807) is 31.4 Å². The molecule has 1 amide bonds. The number of ether oxygens (including phenoxy) is 1. The van der Waals surface area contributed by atoms with Gasteiger partial charge in [-0.15, -0.1) is 0 Å². The number of pyridine rings is 1. The maximum Gasteiger partial charge on any atom is 0.417 e. The van der Waals surface area contributed by atoms with E-state index in [1.165, 1.54) is 6.07 Å². The number of methoxy groups -OCH3 is 1. The van der Waals surface area contributed by atoms with Crippen LogP contribution in [0.15, 0.2) is 42.6 Å². The van der Waals surface area contributed by atoms with Crippen molar-refractivity contribution in [2.75, 3.05) is 31.6 Å². The number of nitrogens with zero attached hydrogens (tertiary/aromatic N) is 3. The molecule has 0 saturated carbocycles. The highest BCUT2D eigenvalue weighted by Crippen LogP contribution is 2.35. The third-order valence-corrected chi connectivity index (χ3v) is 5.86. The van der Waals surface area contributed by atoms with Crippen LogP contribution in [0.1, 0.15) is 28.8 Å². The molecule has 5 nitrogen and oxygen atoms in total. The summed E-state index contributed by atoms with van der Waals surface area (Å²) in [5, 5.41) is 0. The molecule has 29 heavy (non-hydrogen) atoms. The van der Waals surface area contributed by atoms with Crippen LogP contribution in [-0.2, 0) is 6.18 Å². The number of carbonyl (C=O) groups excluding carboxylic acids is 1. The van der Waals surface area contributed by atoms with Crippen LogP contribution in [-0.4, -0.2) is 48.6 Å². The van der Waals surface area contributed by atoms with Crippen molar-refractivity contribution in [1.82, 2.24) is 9.88 Å². The summed E-state index contributed by atoms with van der Waals surface area (Å²) in [5.74, 6) is 1.59. The summed E-state index contributed by atoms with van der Waals surface area (Å²) in [7, 11) is 1.58. The first kappa shape index (κ1) is 19.5. The topological polar surface area (TPSA) is 45.7 Å². The van der Waals surface area contributed by atoms with Crippen molar-refractivity contribution in [1.29, 1.82) is 0 Å². The van der Waals surface area contributed by atoms with E-state index < -0.39 is 11.7 Å². The Morgan fingerprint density at radius 2 is 1.83 bits per heavy atom. The number of amides is 1. The van der Waals surface area contributed by atoms with Gasteiger partial charge in [-0.05, 0) is 55.2 Å². The molecule has 1 aromatic heterocycles. The predicted molar refractivity (Wildman–Crippen MR) is 102 cm³/mol. The molecule has 154 valence electrons. The van der Waals surface area contributed by atoms with Gasteiger partial charge in [-0.25, -0.2) is 4.98 Å². The molecule has 2 saturated heterocycles. The highest BCUT2D eigenvalue weighted by Gasteiger charge is 2.41. The number of likely N-dealkylation sites (tertiary alicyclic amines) is 1.